The molecule has 1 atom stereocenters. The third-order valence-corrected chi connectivity index (χ3v) is 5.12. The Morgan fingerprint density at radius 3 is 2.92 bits per heavy atom. The van der Waals surface area contributed by atoms with Crippen molar-refractivity contribution in [1.29, 1.82) is 5.26 Å². The van der Waals surface area contributed by atoms with Crippen LogP contribution in [0.1, 0.15) is 29.0 Å². The van der Waals surface area contributed by atoms with E-state index < -0.39 is 5.56 Å². The van der Waals surface area contributed by atoms with E-state index in [1.165, 1.54) is 6.20 Å². The van der Waals surface area contributed by atoms with E-state index in [0.29, 0.717) is 24.7 Å². The van der Waals surface area contributed by atoms with Crippen LogP contribution >= 0.6 is 11.8 Å². The maximum Gasteiger partial charge on any atom is 0.263 e. The summed E-state index contributed by atoms with van der Waals surface area (Å²) in [5, 5.41) is 9.03. The second-order valence-electron chi connectivity index (χ2n) is 5.89. The first-order valence-corrected chi connectivity index (χ1v) is 9.11. The molecule has 1 aromatic heterocycles. The van der Waals surface area contributed by atoms with Crippen molar-refractivity contribution in [1.82, 2.24) is 14.9 Å². The van der Waals surface area contributed by atoms with E-state index in [2.05, 4.69) is 16.0 Å². The highest BCUT2D eigenvalue weighted by atomic mass is 32.2. The third kappa shape index (κ3) is 4.28. The maximum atomic E-state index is 12.5. The molecule has 1 aromatic carbocycles. The fourth-order valence-electron chi connectivity index (χ4n) is 2.76. The number of nitrogens with zero attached hydrogens (tertiary/aromatic N) is 3. The lowest BCUT2D eigenvalue weighted by Crippen LogP contribution is -2.41. The van der Waals surface area contributed by atoms with Gasteiger partial charge in [0, 0.05) is 24.2 Å². The van der Waals surface area contributed by atoms with Gasteiger partial charge in [-0.1, -0.05) is 18.2 Å². The first-order valence-electron chi connectivity index (χ1n) is 8.12. The molecule has 0 aliphatic carbocycles. The summed E-state index contributed by atoms with van der Waals surface area (Å²) in [7, 11) is 0. The standard InChI is InChI=1S/C18H18N4O2S/c19-9-13-5-4-8-22(11-13)18(24)15-10-20-16(21-17(15)23)12-25-14-6-2-1-3-7-14/h1-3,6-7,10,13H,4-5,8,11-12H2,(H,20,21,23). The van der Waals surface area contributed by atoms with Gasteiger partial charge in [-0.3, -0.25) is 9.59 Å². The minimum absolute atomic E-state index is 0.0343. The van der Waals surface area contributed by atoms with E-state index in [0.717, 1.165) is 17.7 Å². The second kappa shape index (κ2) is 7.99. The number of H-pyrrole nitrogens is 1. The molecule has 0 radical (unpaired) electrons. The zero-order valence-electron chi connectivity index (χ0n) is 13.6. The van der Waals surface area contributed by atoms with Crippen LogP contribution in [0.25, 0.3) is 0 Å². The highest BCUT2D eigenvalue weighted by molar-refractivity contribution is 7.98. The molecule has 1 fully saturated rings. The predicted octanol–water partition coefficient (Wildman–Crippen LogP) is 2.44. The molecule has 0 spiro atoms. The van der Waals surface area contributed by atoms with E-state index in [4.69, 9.17) is 5.26 Å². The van der Waals surface area contributed by atoms with Gasteiger partial charge in [0.25, 0.3) is 11.5 Å². The molecule has 0 saturated carbocycles. The van der Waals surface area contributed by atoms with Gasteiger partial charge in [0.15, 0.2) is 0 Å². The first kappa shape index (κ1) is 17.2. The van der Waals surface area contributed by atoms with Crippen molar-refractivity contribution in [3.05, 3.63) is 58.3 Å². The average Bonchev–Trinajstić information content (AvgIpc) is 2.67. The molecular weight excluding hydrogens is 336 g/mol. The predicted molar refractivity (Wildman–Crippen MR) is 95.1 cm³/mol. The molecule has 1 aliphatic rings. The Balaban J connectivity index is 1.68. The lowest BCUT2D eigenvalue weighted by atomic mass is 9.99. The van der Waals surface area contributed by atoms with Gasteiger partial charge in [0.1, 0.15) is 11.4 Å². The summed E-state index contributed by atoms with van der Waals surface area (Å²) in [6, 6.07) is 12.0. The van der Waals surface area contributed by atoms with Crippen molar-refractivity contribution < 1.29 is 4.79 Å². The number of hydrogen-bond donors (Lipinski definition) is 1. The Hall–Kier alpha value is -2.59. The first-order chi connectivity index (χ1) is 12.2. The van der Waals surface area contributed by atoms with Gasteiger partial charge < -0.3 is 9.88 Å². The number of nitrogens with one attached hydrogen (secondary N) is 1. The minimum atomic E-state index is -0.428. The van der Waals surface area contributed by atoms with Crippen LogP contribution in [0.3, 0.4) is 0 Å². The Labute approximate surface area is 149 Å². The number of hydrogen-bond acceptors (Lipinski definition) is 5. The number of aromatic amines is 1. The quantitative estimate of drug-likeness (QED) is 0.852. The minimum Gasteiger partial charge on any atom is -0.337 e. The van der Waals surface area contributed by atoms with Gasteiger partial charge in [-0.05, 0) is 25.0 Å². The second-order valence-corrected chi connectivity index (χ2v) is 6.94. The van der Waals surface area contributed by atoms with Crippen molar-refractivity contribution in [2.24, 2.45) is 5.92 Å². The summed E-state index contributed by atoms with van der Waals surface area (Å²) in [5.74, 6) is 0.541. The summed E-state index contributed by atoms with van der Waals surface area (Å²) in [5.41, 5.74) is -0.394. The Kier molecular flexibility index (Phi) is 5.51. The van der Waals surface area contributed by atoms with E-state index in [1.54, 1.807) is 16.7 Å². The summed E-state index contributed by atoms with van der Waals surface area (Å²) in [4.78, 5) is 34.4. The number of benzene rings is 1. The number of nitriles is 1. The molecule has 25 heavy (non-hydrogen) atoms. The molecule has 2 heterocycles. The van der Waals surface area contributed by atoms with Crippen LogP contribution in [0.15, 0.2) is 46.2 Å². The molecule has 3 rings (SSSR count). The van der Waals surface area contributed by atoms with Gasteiger partial charge in [-0.2, -0.15) is 5.26 Å². The van der Waals surface area contributed by atoms with Crippen molar-refractivity contribution in [2.75, 3.05) is 13.1 Å². The number of likely N-dealkylation sites (tertiary alicyclic amines) is 1. The van der Waals surface area contributed by atoms with E-state index in [-0.39, 0.29) is 17.4 Å². The number of rotatable bonds is 4. The van der Waals surface area contributed by atoms with Gasteiger partial charge in [0.2, 0.25) is 0 Å². The lowest BCUT2D eigenvalue weighted by molar-refractivity contribution is 0.0696. The number of thioether (sulfide) groups is 1. The van der Waals surface area contributed by atoms with Gasteiger partial charge in [0.05, 0.1) is 17.7 Å². The van der Waals surface area contributed by atoms with Gasteiger partial charge in [-0.25, -0.2) is 4.98 Å². The van der Waals surface area contributed by atoms with Crippen molar-refractivity contribution in [2.45, 2.75) is 23.5 Å². The van der Waals surface area contributed by atoms with E-state index in [9.17, 15) is 9.59 Å². The van der Waals surface area contributed by atoms with Crippen LogP contribution in [0.4, 0.5) is 0 Å². The number of piperidine rings is 1. The van der Waals surface area contributed by atoms with Crippen LogP contribution in [0.2, 0.25) is 0 Å². The molecule has 1 unspecified atom stereocenters. The molecule has 6 nitrogen and oxygen atoms in total. The van der Waals surface area contributed by atoms with Crippen molar-refractivity contribution in [3.8, 4) is 6.07 Å². The molecule has 1 amide bonds. The van der Waals surface area contributed by atoms with E-state index >= 15 is 0 Å². The van der Waals surface area contributed by atoms with E-state index in [1.807, 2.05) is 30.3 Å². The Morgan fingerprint density at radius 2 is 2.20 bits per heavy atom. The molecular formula is C18H18N4O2S. The third-order valence-electron chi connectivity index (χ3n) is 4.09. The molecule has 128 valence electrons. The smallest absolute Gasteiger partial charge is 0.263 e. The molecule has 1 saturated heterocycles. The fraction of sp³-hybridized carbons (Fsp3) is 0.333. The highest BCUT2D eigenvalue weighted by Crippen LogP contribution is 2.20. The zero-order valence-corrected chi connectivity index (χ0v) is 14.5. The summed E-state index contributed by atoms with van der Waals surface area (Å²) >= 11 is 1.56. The van der Waals surface area contributed by atoms with Crippen LogP contribution in [0.5, 0.6) is 0 Å². The largest absolute Gasteiger partial charge is 0.337 e. The lowest BCUT2D eigenvalue weighted by Gasteiger charge is -2.29. The van der Waals surface area contributed by atoms with Gasteiger partial charge >= 0.3 is 0 Å². The van der Waals surface area contributed by atoms with Crippen LogP contribution < -0.4 is 5.56 Å². The number of amides is 1. The number of carbonyl (C=O) groups excluding carboxylic acids is 1. The van der Waals surface area contributed by atoms with Crippen molar-refractivity contribution in [3.63, 3.8) is 0 Å². The maximum absolute atomic E-state index is 12.5. The highest BCUT2D eigenvalue weighted by Gasteiger charge is 2.26. The topological polar surface area (TPSA) is 89.8 Å². The average molecular weight is 354 g/mol. The molecule has 1 aliphatic heterocycles. The molecule has 2 aromatic rings. The molecule has 0 bridgehead atoms. The molecule has 7 heteroatoms. The van der Waals surface area contributed by atoms with Crippen molar-refractivity contribution >= 4 is 17.7 Å². The molecule has 1 N–H and O–H groups in total. The Bertz CT molecular complexity index is 844. The fourth-order valence-corrected chi connectivity index (χ4v) is 3.56. The van der Waals surface area contributed by atoms with Gasteiger partial charge in [-0.15, -0.1) is 11.8 Å². The summed E-state index contributed by atoms with van der Waals surface area (Å²) in [6.07, 6.45) is 2.92. The normalized spacial score (nSPS) is 17.1. The summed E-state index contributed by atoms with van der Waals surface area (Å²) < 4.78 is 0. The number of carbonyl (C=O) groups is 1. The SMILES string of the molecule is N#CC1CCCN(C(=O)c2cnc(CSc3ccccc3)[nH]c2=O)C1. The Morgan fingerprint density at radius 1 is 1.40 bits per heavy atom. The van der Waals surface area contributed by atoms with Crippen LogP contribution in [-0.2, 0) is 5.75 Å². The monoisotopic (exact) mass is 354 g/mol. The van der Waals surface area contributed by atoms with Crippen LogP contribution in [-0.4, -0.2) is 33.9 Å². The zero-order chi connectivity index (χ0) is 17.6. The summed E-state index contributed by atoms with van der Waals surface area (Å²) in [6.45, 7) is 0.947. The van der Waals surface area contributed by atoms with Crippen LogP contribution in [0, 0.1) is 17.2 Å². The number of aromatic nitrogens is 2.